The SMILES string of the molecule is CC(=O)Nc1nc(CC(=O)O)c(CN2CCCCC2C)s1. The Hall–Kier alpha value is -1.47. The fourth-order valence-electron chi connectivity index (χ4n) is 2.57. The first-order chi connectivity index (χ1) is 9.95. The highest BCUT2D eigenvalue weighted by Gasteiger charge is 2.22. The summed E-state index contributed by atoms with van der Waals surface area (Å²) in [6.45, 7) is 5.36. The monoisotopic (exact) mass is 311 g/mol. The zero-order chi connectivity index (χ0) is 15.4. The van der Waals surface area contributed by atoms with E-state index in [9.17, 15) is 9.59 Å². The molecule has 1 fully saturated rings. The maximum Gasteiger partial charge on any atom is 0.309 e. The summed E-state index contributed by atoms with van der Waals surface area (Å²) in [5.74, 6) is -1.09. The van der Waals surface area contributed by atoms with Crippen molar-refractivity contribution >= 4 is 28.3 Å². The summed E-state index contributed by atoms with van der Waals surface area (Å²) >= 11 is 1.38. The number of carbonyl (C=O) groups excluding carboxylic acids is 1. The van der Waals surface area contributed by atoms with Crippen LogP contribution in [-0.4, -0.2) is 39.5 Å². The molecule has 1 aromatic rings. The van der Waals surface area contributed by atoms with E-state index >= 15 is 0 Å². The third kappa shape index (κ3) is 4.50. The van der Waals surface area contributed by atoms with E-state index in [1.807, 2.05) is 0 Å². The van der Waals surface area contributed by atoms with E-state index < -0.39 is 5.97 Å². The van der Waals surface area contributed by atoms with E-state index in [0.717, 1.165) is 11.4 Å². The molecule has 2 N–H and O–H groups in total. The molecule has 1 aromatic heterocycles. The third-order valence-electron chi connectivity index (χ3n) is 3.67. The molecule has 7 heteroatoms. The molecule has 1 atom stereocenters. The zero-order valence-corrected chi connectivity index (χ0v) is 13.2. The van der Waals surface area contributed by atoms with Crippen molar-refractivity contribution in [1.29, 1.82) is 0 Å². The van der Waals surface area contributed by atoms with Crippen LogP contribution < -0.4 is 5.32 Å². The highest BCUT2D eigenvalue weighted by atomic mass is 32.1. The molecule has 6 nitrogen and oxygen atoms in total. The number of carboxylic acid groups (broad SMARTS) is 1. The minimum Gasteiger partial charge on any atom is -0.481 e. The number of piperidine rings is 1. The number of thiazole rings is 1. The summed E-state index contributed by atoms with van der Waals surface area (Å²) in [6, 6.07) is 0.503. The summed E-state index contributed by atoms with van der Waals surface area (Å²) in [6.07, 6.45) is 3.49. The number of aliphatic carboxylic acids is 1. The number of carbonyl (C=O) groups is 2. The van der Waals surface area contributed by atoms with Gasteiger partial charge in [0, 0.05) is 24.4 Å². The van der Waals surface area contributed by atoms with Gasteiger partial charge in [0.05, 0.1) is 12.1 Å². The number of rotatable bonds is 5. The number of carboxylic acids is 1. The standard InChI is InChI=1S/C14H21N3O3S/c1-9-5-3-4-6-17(9)8-12-11(7-13(19)20)16-14(21-12)15-10(2)18/h9H,3-8H2,1-2H3,(H,19,20)(H,15,16,18). The van der Waals surface area contributed by atoms with Gasteiger partial charge in [-0.2, -0.15) is 0 Å². The van der Waals surface area contributed by atoms with E-state index in [2.05, 4.69) is 22.1 Å². The van der Waals surface area contributed by atoms with Gasteiger partial charge in [-0.1, -0.05) is 6.42 Å². The number of hydrogen-bond acceptors (Lipinski definition) is 5. The molecule has 116 valence electrons. The summed E-state index contributed by atoms with van der Waals surface area (Å²) in [7, 11) is 0. The Bertz CT molecular complexity index is 530. The fraction of sp³-hybridized carbons (Fsp3) is 0.643. The van der Waals surface area contributed by atoms with E-state index in [-0.39, 0.29) is 12.3 Å². The Morgan fingerprint density at radius 2 is 2.24 bits per heavy atom. The summed E-state index contributed by atoms with van der Waals surface area (Å²) in [5.41, 5.74) is 0.564. The first-order valence-corrected chi connectivity index (χ1v) is 7.99. The highest BCUT2D eigenvalue weighted by molar-refractivity contribution is 7.15. The molecule has 2 rings (SSSR count). The summed E-state index contributed by atoms with van der Waals surface area (Å²) < 4.78 is 0. The predicted octanol–water partition coefficient (Wildman–Crippen LogP) is 2.10. The molecule has 0 saturated carbocycles. The zero-order valence-electron chi connectivity index (χ0n) is 12.4. The number of hydrogen-bond donors (Lipinski definition) is 2. The smallest absolute Gasteiger partial charge is 0.309 e. The fourth-order valence-corrected chi connectivity index (χ4v) is 3.62. The van der Waals surface area contributed by atoms with Crippen LogP contribution in [0.4, 0.5) is 5.13 Å². The molecule has 0 aromatic carbocycles. The second kappa shape index (κ2) is 7.00. The molecule has 0 bridgehead atoms. The van der Waals surface area contributed by atoms with Gasteiger partial charge < -0.3 is 10.4 Å². The quantitative estimate of drug-likeness (QED) is 0.870. The Kier molecular flexibility index (Phi) is 5.30. The Balaban J connectivity index is 2.16. The first kappa shape index (κ1) is 15.9. The Labute approximate surface area is 128 Å². The van der Waals surface area contributed by atoms with Crippen molar-refractivity contribution < 1.29 is 14.7 Å². The van der Waals surface area contributed by atoms with Crippen molar-refractivity contribution in [2.24, 2.45) is 0 Å². The van der Waals surface area contributed by atoms with Gasteiger partial charge in [0.1, 0.15) is 0 Å². The van der Waals surface area contributed by atoms with Crippen LogP contribution in [-0.2, 0) is 22.6 Å². The van der Waals surface area contributed by atoms with E-state index in [4.69, 9.17) is 5.11 Å². The molecule has 0 aliphatic carbocycles. The largest absolute Gasteiger partial charge is 0.481 e. The van der Waals surface area contributed by atoms with E-state index in [1.54, 1.807) is 0 Å². The maximum absolute atomic E-state index is 11.1. The van der Waals surface area contributed by atoms with Crippen molar-refractivity contribution in [2.45, 2.75) is 52.1 Å². The van der Waals surface area contributed by atoms with Crippen LogP contribution in [0.5, 0.6) is 0 Å². The molecule has 1 amide bonds. The van der Waals surface area contributed by atoms with Crippen LogP contribution in [0.2, 0.25) is 0 Å². The predicted molar refractivity (Wildman–Crippen MR) is 81.5 cm³/mol. The maximum atomic E-state index is 11.1. The van der Waals surface area contributed by atoms with Crippen molar-refractivity contribution in [3.05, 3.63) is 10.6 Å². The third-order valence-corrected chi connectivity index (χ3v) is 4.66. The molecule has 1 aliphatic heterocycles. The molecular weight excluding hydrogens is 290 g/mol. The number of anilines is 1. The van der Waals surface area contributed by atoms with Crippen LogP contribution in [0.15, 0.2) is 0 Å². The van der Waals surface area contributed by atoms with Crippen LogP contribution >= 0.6 is 11.3 Å². The molecule has 1 saturated heterocycles. The summed E-state index contributed by atoms with van der Waals surface area (Å²) in [5, 5.41) is 12.1. The number of nitrogens with one attached hydrogen (secondary N) is 1. The van der Waals surface area contributed by atoms with Crippen LogP contribution in [0.3, 0.4) is 0 Å². The highest BCUT2D eigenvalue weighted by Crippen LogP contribution is 2.27. The molecule has 1 unspecified atom stereocenters. The topological polar surface area (TPSA) is 82.5 Å². The lowest BCUT2D eigenvalue weighted by Crippen LogP contribution is -2.36. The molecule has 1 aliphatic rings. The van der Waals surface area contributed by atoms with Crippen LogP contribution in [0.25, 0.3) is 0 Å². The molecule has 2 heterocycles. The van der Waals surface area contributed by atoms with Gasteiger partial charge in [-0.3, -0.25) is 14.5 Å². The second-order valence-electron chi connectivity index (χ2n) is 5.46. The molecular formula is C14H21N3O3S. The van der Waals surface area contributed by atoms with Gasteiger partial charge in [0.2, 0.25) is 5.91 Å². The number of likely N-dealkylation sites (tertiary alicyclic amines) is 1. The lowest BCUT2D eigenvalue weighted by molar-refractivity contribution is -0.136. The summed E-state index contributed by atoms with van der Waals surface area (Å²) in [4.78, 5) is 29.7. The minimum absolute atomic E-state index is 0.104. The number of amides is 1. The average Bonchev–Trinajstić information content (AvgIpc) is 2.72. The lowest BCUT2D eigenvalue weighted by atomic mass is 10.0. The van der Waals surface area contributed by atoms with E-state index in [0.29, 0.717) is 23.4 Å². The van der Waals surface area contributed by atoms with Gasteiger partial charge in [-0.25, -0.2) is 4.98 Å². The van der Waals surface area contributed by atoms with Gasteiger partial charge in [-0.15, -0.1) is 11.3 Å². The van der Waals surface area contributed by atoms with Crippen LogP contribution in [0, 0.1) is 0 Å². The van der Waals surface area contributed by atoms with Gasteiger partial charge >= 0.3 is 5.97 Å². The van der Waals surface area contributed by atoms with Crippen molar-refractivity contribution in [2.75, 3.05) is 11.9 Å². The average molecular weight is 311 g/mol. The van der Waals surface area contributed by atoms with Crippen molar-refractivity contribution in [3.8, 4) is 0 Å². The molecule has 21 heavy (non-hydrogen) atoms. The van der Waals surface area contributed by atoms with E-state index in [1.165, 1.54) is 37.5 Å². The minimum atomic E-state index is -0.900. The number of nitrogens with zero attached hydrogens (tertiary/aromatic N) is 2. The Morgan fingerprint density at radius 3 is 2.86 bits per heavy atom. The van der Waals surface area contributed by atoms with Crippen molar-refractivity contribution in [1.82, 2.24) is 9.88 Å². The lowest BCUT2D eigenvalue weighted by Gasteiger charge is -2.32. The van der Waals surface area contributed by atoms with Crippen molar-refractivity contribution in [3.63, 3.8) is 0 Å². The normalized spacial score (nSPS) is 19.4. The molecule has 0 radical (unpaired) electrons. The Morgan fingerprint density at radius 1 is 1.48 bits per heavy atom. The molecule has 0 spiro atoms. The van der Waals surface area contributed by atoms with Gasteiger partial charge in [-0.05, 0) is 26.3 Å². The van der Waals surface area contributed by atoms with Crippen LogP contribution in [0.1, 0.15) is 43.7 Å². The van der Waals surface area contributed by atoms with Gasteiger partial charge in [0.25, 0.3) is 0 Å². The number of aromatic nitrogens is 1. The second-order valence-corrected chi connectivity index (χ2v) is 6.54. The van der Waals surface area contributed by atoms with Gasteiger partial charge in [0.15, 0.2) is 5.13 Å². The first-order valence-electron chi connectivity index (χ1n) is 7.17.